The molecule has 0 saturated heterocycles. The van der Waals surface area contributed by atoms with Crippen molar-refractivity contribution in [3.63, 3.8) is 0 Å². The molecule has 94 valence electrons. The maximum absolute atomic E-state index is 11.3. The molecule has 2 N–H and O–H groups in total. The SMILES string of the molecule is CC(C)NC(=O)NCCc1c(Cl)cccc1Cl. The predicted octanol–water partition coefficient (Wildman–Crippen LogP) is 3.24. The van der Waals surface area contributed by atoms with E-state index < -0.39 is 0 Å². The molecule has 0 aliphatic carbocycles. The highest BCUT2D eigenvalue weighted by molar-refractivity contribution is 6.35. The summed E-state index contributed by atoms with van der Waals surface area (Å²) in [4.78, 5) is 11.3. The van der Waals surface area contributed by atoms with E-state index in [2.05, 4.69) is 10.6 Å². The maximum Gasteiger partial charge on any atom is 0.314 e. The highest BCUT2D eigenvalue weighted by atomic mass is 35.5. The summed E-state index contributed by atoms with van der Waals surface area (Å²) in [6, 6.07) is 5.32. The smallest absolute Gasteiger partial charge is 0.314 e. The summed E-state index contributed by atoms with van der Waals surface area (Å²) in [6.07, 6.45) is 0.615. The number of carbonyl (C=O) groups is 1. The number of benzene rings is 1. The van der Waals surface area contributed by atoms with Crippen LogP contribution in [0.25, 0.3) is 0 Å². The molecule has 0 bridgehead atoms. The Morgan fingerprint density at radius 1 is 1.29 bits per heavy atom. The van der Waals surface area contributed by atoms with Crippen LogP contribution < -0.4 is 10.6 Å². The van der Waals surface area contributed by atoms with Crippen molar-refractivity contribution >= 4 is 29.2 Å². The second kappa shape index (κ2) is 6.72. The second-order valence-electron chi connectivity index (χ2n) is 4.01. The summed E-state index contributed by atoms with van der Waals surface area (Å²) in [5.41, 5.74) is 0.862. The first-order chi connectivity index (χ1) is 8.00. The van der Waals surface area contributed by atoms with Crippen LogP contribution in [0.15, 0.2) is 18.2 Å². The van der Waals surface area contributed by atoms with Crippen LogP contribution >= 0.6 is 23.2 Å². The average Bonchev–Trinajstić information content (AvgIpc) is 2.21. The Morgan fingerprint density at radius 3 is 2.41 bits per heavy atom. The summed E-state index contributed by atoms with van der Waals surface area (Å²) in [7, 11) is 0. The van der Waals surface area contributed by atoms with Gasteiger partial charge < -0.3 is 10.6 Å². The van der Waals surface area contributed by atoms with E-state index in [9.17, 15) is 4.79 Å². The minimum Gasteiger partial charge on any atom is -0.338 e. The molecule has 0 atom stereocenters. The second-order valence-corrected chi connectivity index (χ2v) is 4.82. The molecular formula is C12H16Cl2N2O. The maximum atomic E-state index is 11.3. The summed E-state index contributed by atoms with van der Waals surface area (Å²) in [5, 5.41) is 6.75. The van der Waals surface area contributed by atoms with Gasteiger partial charge in [0.05, 0.1) is 0 Å². The van der Waals surface area contributed by atoms with Crippen LogP contribution in [0.5, 0.6) is 0 Å². The molecule has 1 aromatic carbocycles. The first-order valence-electron chi connectivity index (χ1n) is 5.48. The van der Waals surface area contributed by atoms with Gasteiger partial charge in [0.1, 0.15) is 0 Å². The van der Waals surface area contributed by atoms with Gasteiger partial charge in [-0.3, -0.25) is 0 Å². The lowest BCUT2D eigenvalue weighted by atomic mass is 10.1. The zero-order valence-electron chi connectivity index (χ0n) is 9.89. The number of hydrogen-bond acceptors (Lipinski definition) is 1. The summed E-state index contributed by atoms with van der Waals surface area (Å²) >= 11 is 12.0. The quantitative estimate of drug-likeness (QED) is 0.870. The topological polar surface area (TPSA) is 41.1 Å². The van der Waals surface area contributed by atoms with Crippen LogP contribution in [0.2, 0.25) is 10.0 Å². The number of halogens is 2. The van der Waals surface area contributed by atoms with E-state index in [4.69, 9.17) is 23.2 Å². The van der Waals surface area contributed by atoms with Crippen molar-refractivity contribution < 1.29 is 4.79 Å². The van der Waals surface area contributed by atoms with Gasteiger partial charge in [-0.25, -0.2) is 4.79 Å². The van der Waals surface area contributed by atoms with Crippen LogP contribution in [0.3, 0.4) is 0 Å². The molecule has 0 spiro atoms. The molecule has 0 saturated carbocycles. The number of hydrogen-bond donors (Lipinski definition) is 2. The van der Waals surface area contributed by atoms with E-state index in [0.29, 0.717) is 23.0 Å². The predicted molar refractivity (Wildman–Crippen MR) is 71.8 cm³/mol. The fourth-order valence-electron chi connectivity index (χ4n) is 1.39. The first-order valence-corrected chi connectivity index (χ1v) is 6.23. The lowest BCUT2D eigenvalue weighted by Gasteiger charge is -2.11. The third-order valence-corrected chi connectivity index (χ3v) is 2.85. The summed E-state index contributed by atoms with van der Waals surface area (Å²) in [6.45, 7) is 4.32. The molecular weight excluding hydrogens is 259 g/mol. The van der Waals surface area contributed by atoms with Crippen molar-refractivity contribution in [1.29, 1.82) is 0 Å². The monoisotopic (exact) mass is 274 g/mol. The van der Waals surface area contributed by atoms with Gasteiger partial charge in [0.15, 0.2) is 0 Å². The van der Waals surface area contributed by atoms with E-state index >= 15 is 0 Å². The van der Waals surface area contributed by atoms with Gasteiger partial charge >= 0.3 is 6.03 Å². The molecule has 0 aromatic heterocycles. The van der Waals surface area contributed by atoms with Crippen molar-refractivity contribution in [1.82, 2.24) is 10.6 Å². The largest absolute Gasteiger partial charge is 0.338 e. The normalized spacial score (nSPS) is 10.4. The van der Waals surface area contributed by atoms with Gasteiger partial charge in [0.25, 0.3) is 0 Å². The van der Waals surface area contributed by atoms with Gasteiger partial charge in [-0.15, -0.1) is 0 Å². The third-order valence-electron chi connectivity index (χ3n) is 2.14. The molecule has 3 nitrogen and oxygen atoms in total. The average molecular weight is 275 g/mol. The Labute approximate surface area is 111 Å². The van der Waals surface area contributed by atoms with E-state index in [1.54, 1.807) is 18.2 Å². The van der Waals surface area contributed by atoms with Crippen LogP contribution in [-0.4, -0.2) is 18.6 Å². The number of urea groups is 1. The number of amides is 2. The Morgan fingerprint density at radius 2 is 1.88 bits per heavy atom. The Balaban J connectivity index is 2.43. The molecule has 0 aliphatic rings. The Bertz CT molecular complexity index is 374. The van der Waals surface area contributed by atoms with Gasteiger partial charge in [0, 0.05) is 22.6 Å². The van der Waals surface area contributed by atoms with Crippen molar-refractivity contribution in [3.05, 3.63) is 33.8 Å². The number of carbonyl (C=O) groups excluding carboxylic acids is 1. The molecule has 2 amide bonds. The van der Waals surface area contributed by atoms with Gasteiger partial charge in [-0.1, -0.05) is 29.3 Å². The van der Waals surface area contributed by atoms with E-state index in [1.165, 1.54) is 0 Å². The van der Waals surface area contributed by atoms with Crippen molar-refractivity contribution in [2.45, 2.75) is 26.3 Å². The Hall–Kier alpha value is -0.930. The third kappa shape index (κ3) is 4.84. The molecule has 17 heavy (non-hydrogen) atoms. The molecule has 0 radical (unpaired) electrons. The Kier molecular flexibility index (Phi) is 5.59. The zero-order valence-corrected chi connectivity index (χ0v) is 11.4. The fraction of sp³-hybridized carbons (Fsp3) is 0.417. The number of rotatable bonds is 4. The minimum atomic E-state index is -0.178. The molecule has 0 heterocycles. The van der Waals surface area contributed by atoms with Crippen molar-refractivity contribution in [3.8, 4) is 0 Å². The van der Waals surface area contributed by atoms with E-state index in [1.807, 2.05) is 13.8 Å². The summed E-state index contributed by atoms with van der Waals surface area (Å²) in [5.74, 6) is 0. The highest BCUT2D eigenvalue weighted by Gasteiger charge is 2.06. The molecule has 1 rings (SSSR count). The molecule has 1 aromatic rings. The standard InChI is InChI=1S/C12H16Cl2N2O/c1-8(2)16-12(17)15-7-6-9-10(13)4-3-5-11(9)14/h3-5,8H,6-7H2,1-2H3,(H2,15,16,17). The van der Waals surface area contributed by atoms with Crippen LogP contribution in [-0.2, 0) is 6.42 Å². The van der Waals surface area contributed by atoms with Crippen molar-refractivity contribution in [2.75, 3.05) is 6.54 Å². The van der Waals surface area contributed by atoms with E-state index in [0.717, 1.165) is 5.56 Å². The van der Waals surface area contributed by atoms with Crippen LogP contribution in [0.1, 0.15) is 19.4 Å². The van der Waals surface area contributed by atoms with Gasteiger partial charge in [0.2, 0.25) is 0 Å². The van der Waals surface area contributed by atoms with E-state index in [-0.39, 0.29) is 12.1 Å². The van der Waals surface area contributed by atoms with Gasteiger partial charge in [-0.2, -0.15) is 0 Å². The zero-order chi connectivity index (χ0) is 12.8. The lowest BCUT2D eigenvalue weighted by molar-refractivity contribution is 0.238. The first kappa shape index (κ1) is 14.1. The lowest BCUT2D eigenvalue weighted by Crippen LogP contribution is -2.40. The number of nitrogens with one attached hydrogen (secondary N) is 2. The molecule has 0 fully saturated rings. The highest BCUT2D eigenvalue weighted by Crippen LogP contribution is 2.24. The molecule has 0 unspecified atom stereocenters. The fourth-order valence-corrected chi connectivity index (χ4v) is 1.97. The summed E-state index contributed by atoms with van der Waals surface area (Å²) < 4.78 is 0. The molecule has 0 aliphatic heterocycles. The van der Waals surface area contributed by atoms with Crippen molar-refractivity contribution in [2.24, 2.45) is 0 Å². The van der Waals surface area contributed by atoms with Crippen LogP contribution in [0, 0.1) is 0 Å². The van der Waals surface area contributed by atoms with Gasteiger partial charge in [-0.05, 0) is 38.0 Å². The van der Waals surface area contributed by atoms with Crippen LogP contribution in [0.4, 0.5) is 4.79 Å². The molecule has 5 heteroatoms. The minimum absolute atomic E-state index is 0.124.